The summed E-state index contributed by atoms with van der Waals surface area (Å²) >= 11 is 0. The lowest BCUT2D eigenvalue weighted by atomic mass is 9.67. The third-order valence-corrected chi connectivity index (χ3v) is 6.07. The van der Waals surface area contributed by atoms with Crippen LogP contribution < -0.4 is 21.1 Å². The Hall–Kier alpha value is -2.08. The molecule has 2 saturated carbocycles. The van der Waals surface area contributed by atoms with Crippen molar-refractivity contribution in [1.29, 1.82) is 0 Å². The zero-order valence-electron chi connectivity index (χ0n) is 16.9. The summed E-state index contributed by atoms with van der Waals surface area (Å²) in [4.78, 5) is 24.7. The van der Waals surface area contributed by atoms with Crippen molar-refractivity contribution in [3.8, 4) is 5.75 Å². The van der Waals surface area contributed by atoms with E-state index in [2.05, 4.69) is 10.6 Å². The Morgan fingerprint density at radius 1 is 1.21 bits per heavy atom. The van der Waals surface area contributed by atoms with E-state index in [9.17, 15) is 9.59 Å². The lowest BCUT2D eigenvalue weighted by molar-refractivity contribution is -0.124. The lowest BCUT2D eigenvalue weighted by Crippen LogP contribution is -2.54. The number of hydrogen-bond acceptors (Lipinski definition) is 4. The van der Waals surface area contributed by atoms with Crippen LogP contribution in [-0.2, 0) is 9.59 Å². The van der Waals surface area contributed by atoms with E-state index in [0.29, 0.717) is 24.2 Å². The molecule has 0 spiro atoms. The van der Waals surface area contributed by atoms with Gasteiger partial charge in [0.2, 0.25) is 11.8 Å². The van der Waals surface area contributed by atoms with Crippen molar-refractivity contribution >= 4 is 11.8 Å². The van der Waals surface area contributed by atoms with Crippen molar-refractivity contribution in [3.63, 3.8) is 0 Å². The van der Waals surface area contributed by atoms with E-state index in [0.717, 1.165) is 31.2 Å². The number of fused-ring (bicyclic) bond motifs is 2. The van der Waals surface area contributed by atoms with Gasteiger partial charge in [0.25, 0.3) is 0 Å². The van der Waals surface area contributed by atoms with Crippen molar-refractivity contribution < 1.29 is 14.3 Å². The fourth-order valence-electron chi connectivity index (χ4n) is 4.99. The zero-order chi connectivity index (χ0) is 20.1. The van der Waals surface area contributed by atoms with Gasteiger partial charge in [-0.2, -0.15) is 0 Å². The SMILES string of the molecule is CCOc1ccccc1C(CC(=O)NC1C2CCCC1CC(N)C2)NC(C)=O. The maximum Gasteiger partial charge on any atom is 0.222 e. The van der Waals surface area contributed by atoms with Crippen molar-refractivity contribution in [1.82, 2.24) is 10.6 Å². The lowest BCUT2D eigenvalue weighted by Gasteiger charge is -2.45. The van der Waals surface area contributed by atoms with Crippen LogP contribution in [0.4, 0.5) is 0 Å². The van der Waals surface area contributed by atoms with Gasteiger partial charge in [-0.05, 0) is 50.5 Å². The number of benzene rings is 1. The molecule has 2 fully saturated rings. The van der Waals surface area contributed by atoms with Crippen LogP contribution in [0.1, 0.15) is 64.0 Å². The molecule has 6 nitrogen and oxygen atoms in total. The highest BCUT2D eigenvalue weighted by atomic mass is 16.5. The van der Waals surface area contributed by atoms with E-state index < -0.39 is 6.04 Å². The van der Waals surface area contributed by atoms with E-state index >= 15 is 0 Å². The van der Waals surface area contributed by atoms with E-state index in [1.807, 2.05) is 31.2 Å². The number of amides is 2. The van der Waals surface area contributed by atoms with Gasteiger partial charge in [-0.3, -0.25) is 9.59 Å². The van der Waals surface area contributed by atoms with Crippen LogP contribution in [0.2, 0.25) is 0 Å². The van der Waals surface area contributed by atoms with E-state index in [1.165, 1.54) is 13.3 Å². The highest BCUT2D eigenvalue weighted by molar-refractivity contribution is 5.79. The van der Waals surface area contributed by atoms with Crippen LogP contribution in [0, 0.1) is 11.8 Å². The molecule has 0 radical (unpaired) electrons. The number of rotatable bonds is 7. The minimum absolute atomic E-state index is 0.0255. The number of nitrogens with two attached hydrogens (primary N) is 1. The maximum absolute atomic E-state index is 12.9. The summed E-state index contributed by atoms with van der Waals surface area (Å²) in [6.07, 6.45) is 5.68. The highest BCUT2D eigenvalue weighted by Crippen LogP contribution is 2.40. The van der Waals surface area contributed by atoms with Crippen molar-refractivity contribution in [2.75, 3.05) is 6.61 Å². The second-order valence-corrected chi connectivity index (χ2v) is 8.20. The average Bonchev–Trinajstić information content (AvgIpc) is 2.62. The molecule has 0 aliphatic heterocycles. The molecule has 1 aromatic carbocycles. The fraction of sp³-hybridized carbons (Fsp3) is 0.636. The standard InChI is InChI=1S/C22H33N3O3/c1-3-28-20-10-5-4-9-18(20)19(24-14(2)26)13-21(27)25-22-15-7-6-8-16(22)12-17(23)11-15/h4-5,9-10,15-17,19,22H,3,6-8,11-13,23H2,1-2H3,(H,24,26)(H,25,27). The summed E-state index contributed by atoms with van der Waals surface area (Å²) in [5.41, 5.74) is 7.03. The fourth-order valence-corrected chi connectivity index (χ4v) is 4.99. The molecule has 2 amide bonds. The van der Waals surface area contributed by atoms with Gasteiger partial charge in [0.15, 0.2) is 0 Å². The van der Waals surface area contributed by atoms with Crippen molar-refractivity contribution in [2.45, 2.75) is 70.5 Å². The van der Waals surface area contributed by atoms with Gasteiger partial charge in [0.1, 0.15) is 5.75 Å². The molecule has 2 aliphatic rings. The summed E-state index contributed by atoms with van der Waals surface area (Å²) in [5, 5.41) is 6.20. The number of hydrogen-bond donors (Lipinski definition) is 3. The molecule has 154 valence electrons. The number of carbonyl (C=O) groups excluding carboxylic acids is 2. The summed E-state index contributed by atoms with van der Waals surface area (Å²) < 4.78 is 5.71. The van der Waals surface area contributed by atoms with Gasteiger partial charge >= 0.3 is 0 Å². The number of ether oxygens (including phenoxy) is 1. The van der Waals surface area contributed by atoms with Gasteiger partial charge < -0.3 is 21.1 Å². The monoisotopic (exact) mass is 387 g/mol. The topological polar surface area (TPSA) is 93.4 Å². The first-order valence-electron chi connectivity index (χ1n) is 10.5. The first-order valence-corrected chi connectivity index (χ1v) is 10.5. The van der Waals surface area contributed by atoms with E-state index in [1.54, 1.807) is 0 Å². The molecule has 2 aliphatic carbocycles. The van der Waals surface area contributed by atoms with Crippen LogP contribution in [-0.4, -0.2) is 30.5 Å². The molecular formula is C22H33N3O3. The molecule has 3 atom stereocenters. The Labute approximate surface area is 167 Å². The van der Waals surface area contributed by atoms with Crippen LogP contribution in [0.3, 0.4) is 0 Å². The molecule has 0 heterocycles. The van der Waals surface area contributed by atoms with Crippen molar-refractivity contribution in [3.05, 3.63) is 29.8 Å². The predicted octanol–water partition coefficient (Wildman–Crippen LogP) is 2.67. The van der Waals surface area contributed by atoms with Gasteiger partial charge in [0, 0.05) is 24.6 Å². The first-order chi connectivity index (χ1) is 13.5. The third-order valence-electron chi connectivity index (χ3n) is 6.07. The molecule has 0 saturated heterocycles. The number of nitrogens with one attached hydrogen (secondary N) is 2. The second-order valence-electron chi connectivity index (χ2n) is 8.20. The molecule has 1 aromatic rings. The zero-order valence-corrected chi connectivity index (χ0v) is 16.9. The van der Waals surface area contributed by atoms with Crippen LogP contribution >= 0.6 is 0 Å². The van der Waals surface area contributed by atoms with Gasteiger partial charge in [-0.25, -0.2) is 0 Å². The van der Waals surface area contributed by atoms with E-state index in [4.69, 9.17) is 10.5 Å². The van der Waals surface area contributed by atoms with Gasteiger partial charge in [-0.1, -0.05) is 24.6 Å². The van der Waals surface area contributed by atoms with Crippen molar-refractivity contribution in [2.24, 2.45) is 17.6 Å². The van der Waals surface area contributed by atoms with E-state index in [-0.39, 0.29) is 30.3 Å². The van der Waals surface area contributed by atoms with Crippen LogP contribution in [0.5, 0.6) is 5.75 Å². The minimum Gasteiger partial charge on any atom is -0.494 e. The second kappa shape index (κ2) is 9.41. The Balaban J connectivity index is 1.71. The van der Waals surface area contributed by atoms with Gasteiger partial charge in [0.05, 0.1) is 19.1 Å². The average molecular weight is 388 g/mol. The van der Waals surface area contributed by atoms with Gasteiger partial charge in [-0.15, -0.1) is 0 Å². The Kier molecular flexibility index (Phi) is 6.94. The Morgan fingerprint density at radius 3 is 2.54 bits per heavy atom. The quantitative estimate of drug-likeness (QED) is 0.670. The summed E-state index contributed by atoms with van der Waals surface area (Å²) in [6.45, 7) is 3.92. The normalized spacial score (nSPS) is 27.5. The predicted molar refractivity (Wildman–Crippen MR) is 109 cm³/mol. The summed E-state index contributed by atoms with van der Waals surface area (Å²) in [7, 11) is 0. The Bertz CT molecular complexity index is 679. The third kappa shape index (κ3) is 5.04. The molecule has 4 N–H and O–H groups in total. The summed E-state index contributed by atoms with van der Waals surface area (Å²) in [6, 6.07) is 7.63. The Morgan fingerprint density at radius 2 is 1.89 bits per heavy atom. The molecule has 6 heteroatoms. The maximum atomic E-state index is 12.9. The molecule has 3 unspecified atom stereocenters. The molecule has 2 bridgehead atoms. The minimum atomic E-state index is -0.411. The molecule has 0 aromatic heterocycles. The number of para-hydroxylation sites is 1. The number of carbonyl (C=O) groups is 2. The smallest absolute Gasteiger partial charge is 0.222 e. The molecular weight excluding hydrogens is 354 g/mol. The van der Waals surface area contributed by atoms with Crippen LogP contribution in [0.25, 0.3) is 0 Å². The molecule has 28 heavy (non-hydrogen) atoms. The summed E-state index contributed by atoms with van der Waals surface area (Å²) in [5.74, 6) is 1.46. The largest absolute Gasteiger partial charge is 0.494 e. The first kappa shape index (κ1) is 20.6. The van der Waals surface area contributed by atoms with Crippen LogP contribution in [0.15, 0.2) is 24.3 Å². The highest BCUT2D eigenvalue weighted by Gasteiger charge is 2.40. The molecule has 3 rings (SSSR count).